The lowest BCUT2D eigenvalue weighted by molar-refractivity contribution is -0.556. The summed E-state index contributed by atoms with van der Waals surface area (Å²) in [6.07, 6.45) is 7.64. The van der Waals surface area contributed by atoms with Gasteiger partial charge in [0.1, 0.15) is 13.0 Å². The van der Waals surface area contributed by atoms with E-state index < -0.39 is 0 Å². The van der Waals surface area contributed by atoms with Crippen LogP contribution in [-0.4, -0.2) is 29.3 Å². The summed E-state index contributed by atoms with van der Waals surface area (Å²) in [6.45, 7) is 7.38. The topological polar surface area (TPSA) is 46.1 Å². The van der Waals surface area contributed by atoms with Crippen molar-refractivity contribution in [2.45, 2.75) is 65.3 Å². The molecule has 4 fully saturated rings. The van der Waals surface area contributed by atoms with Crippen molar-refractivity contribution in [3.63, 3.8) is 0 Å². The number of fused-ring (bicyclic) bond motifs is 4. The van der Waals surface area contributed by atoms with Crippen molar-refractivity contribution in [3.8, 4) is 0 Å². The normalized spacial score (nSPS) is 50.6. The van der Waals surface area contributed by atoms with E-state index in [0.29, 0.717) is 28.7 Å². The lowest BCUT2D eigenvalue weighted by atomic mass is 9.70. The van der Waals surface area contributed by atoms with Gasteiger partial charge >= 0.3 is 0 Å². The molecule has 4 bridgehead atoms. The second-order valence-electron chi connectivity index (χ2n) is 9.30. The first-order valence-corrected chi connectivity index (χ1v) is 9.16. The van der Waals surface area contributed by atoms with E-state index in [4.69, 9.17) is 5.73 Å². The van der Waals surface area contributed by atoms with Gasteiger partial charge in [0, 0.05) is 12.3 Å². The van der Waals surface area contributed by atoms with Crippen molar-refractivity contribution in [2.75, 3.05) is 7.05 Å². The van der Waals surface area contributed by atoms with Gasteiger partial charge in [0.15, 0.2) is 11.8 Å². The zero-order chi connectivity index (χ0) is 15.9. The fourth-order valence-electron chi connectivity index (χ4n) is 6.86. The SMILES string of the molecule is C[N+](=C1CC2CCC1(C)C2(C)C)C1C2CCC(C2)C1C(N)=O. The molecule has 22 heavy (non-hydrogen) atoms. The minimum Gasteiger partial charge on any atom is -0.369 e. The molecule has 0 aromatic heterocycles. The lowest BCUT2D eigenvalue weighted by Gasteiger charge is -2.34. The summed E-state index contributed by atoms with van der Waals surface area (Å²) < 4.78 is 2.54. The van der Waals surface area contributed by atoms with Crippen molar-refractivity contribution in [2.24, 2.45) is 40.2 Å². The van der Waals surface area contributed by atoms with Crippen molar-refractivity contribution >= 4 is 11.6 Å². The van der Waals surface area contributed by atoms with Crippen LogP contribution >= 0.6 is 0 Å². The number of hydrogen-bond donors (Lipinski definition) is 1. The van der Waals surface area contributed by atoms with E-state index in [-0.39, 0.29) is 11.8 Å². The number of primary amides is 1. The van der Waals surface area contributed by atoms with Gasteiger partial charge in [0.2, 0.25) is 5.91 Å². The minimum atomic E-state index is -0.0581. The molecule has 4 aliphatic rings. The van der Waals surface area contributed by atoms with E-state index in [0.717, 1.165) is 5.92 Å². The van der Waals surface area contributed by atoms with E-state index in [1.807, 2.05) is 0 Å². The van der Waals surface area contributed by atoms with E-state index in [1.54, 1.807) is 5.71 Å². The van der Waals surface area contributed by atoms with Gasteiger partial charge < -0.3 is 5.73 Å². The van der Waals surface area contributed by atoms with Crippen LogP contribution in [-0.2, 0) is 4.79 Å². The van der Waals surface area contributed by atoms with Gasteiger partial charge in [-0.05, 0) is 56.3 Å². The van der Waals surface area contributed by atoms with Gasteiger partial charge in [0.05, 0.1) is 5.41 Å². The molecule has 0 saturated heterocycles. The molecule has 0 aromatic carbocycles. The second-order valence-corrected chi connectivity index (χ2v) is 9.30. The number of nitrogens with two attached hydrogens (primary N) is 1. The zero-order valence-electron chi connectivity index (χ0n) is 14.6. The summed E-state index contributed by atoms with van der Waals surface area (Å²) in [5.41, 5.74) is 8.14. The Morgan fingerprint density at radius 3 is 2.41 bits per heavy atom. The predicted molar refractivity (Wildman–Crippen MR) is 87.7 cm³/mol. The molecule has 122 valence electrons. The number of carbonyl (C=O) groups is 1. The summed E-state index contributed by atoms with van der Waals surface area (Å²) in [6, 6.07) is 0.373. The molecule has 4 saturated carbocycles. The molecule has 3 nitrogen and oxygen atoms in total. The molecule has 0 spiro atoms. The van der Waals surface area contributed by atoms with Gasteiger partial charge in [-0.25, -0.2) is 4.58 Å². The van der Waals surface area contributed by atoms with Crippen LogP contribution in [0.25, 0.3) is 0 Å². The van der Waals surface area contributed by atoms with Crippen LogP contribution < -0.4 is 5.73 Å². The van der Waals surface area contributed by atoms with E-state index in [2.05, 4.69) is 32.4 Å². The van der Waals surface area contributed by atoms with Crippen molar-refractivity contribution in [1.29, 1.82) is 0 Å². The molecule has 3 heteroatoms. The zero-order valence-corrected chi connectivity index (χ0v) is 14.6. The molecule has 0 heterocycles. The summed E-state index contributed by atoms with van der Waals surface area (Å²) in [7, 11) is 2.26. The van der Waals surface area contributed by atoms with Crippen LogP contribution in [0.3, 0.4) is 0 Å². The Balaban J connectivity index is 1.75. The summed E-state index contributed by atoms with van der Waals surface area (Å²) in [5, 5.41) is 0. The smallest absolute Gasteiger partial charge is 0.227 e. The van der Waals surface area contributed by atoms with Crippen LogP contribution in [0.2, 0.25) is 0 Å². The summed E-state index contributed by atoms with van der Waals surface area (Å²) in [4.78, 5) is 12.1. The number of hydrogen-bond acceptors (Lipinski definition) is 1. The van der Waals surface area contributed by atoms with Gasteiger partial charge in [-0.15, -0.1) is 0 Å². The third kappa shape index (κ3) is 1.58. The van der Waals surface area contributed by atoms with E-state index in [9.17, 15) is 4.79 Å². The van der Waals surface area contributed by atoms with Crippen molar-refractivity contribution in [1.82, 2.24) is 0 Å². The maximum Gasteiger partial charge on any atom is 0.227 e. The van der Waals surface area contributed by atoms with Crippen molar-refractivity contribution in [3.05, 3.63) is 0 Å². The quantitative estimate of drug-likeness (QED) is 0.783. The molecule has 4 rings (SSSR count). The molecule has 0 aliphatic heterocycles. The molecule has 1 amide bonds. The van der Waals surface area contributed by atoms with E-state index in [1.165, 1.54) is 38.5 Å². The average Bonchev–Trinajstić information content (AvgIpc) is 3.15. The Morgan fingerprint density at radius 1 is 1.18 bits per heavy atom. The number of carbonyl (C=O) groups excluding carboxylic acids is 1. The Kier molecular flexibility index (Phi) is 2.92. The molecule has 0 radical (unpaired) electrons. The van der Waals surface area contributed by atoms with Crippen molar-refractivity contribution < 1.29 is 9.37 Å². The number of amides is 1. The maximum atomic E-state index is 12.1. The Morgan fingerprint density at radius 2 is 1.86 bits per heavy atom. The molecule has 2 N–H and O–H groups in total. The molecule has 0 aromatic rings. The number of nitrogens with zero attached hydrogens (tertiary/aromatic N) is 1. The molecular weight excluding hydrogens is 272 g/mol. The highest BCUT2D eigenvalue weighted by Crippen LogP contribution is 2.64. The van der Waals surface area contributed by atoms with Gasteiger partial charge in [-0.3, -0.25) is 4.79 Å². The summed E-state index contributed by atoms with van der Waals surface area (Å²) in [5.74, 6) is 2.08. The molecule has 6 unspecified atom stereocenters. The fourth-order valence-corrected chi connectivity index (χ4v) is 6.86. The van der Waals surface area contributed by atoms with Crippen LogP contribution in [0.15, 0.2) is 0 Å². The first-order valence-electron chi connectivity index (χ1n) is 9.16. The highest BCUT2D eigenvalue weighted by Gasteiger charge is 2.65. The average molecular weight is 303 g/mol. The highest BCUT2D eigenvalue weighted by atomic mass is 16.1. The fraction of sp³-hybridized carbons (Fsp3) is 0.895. The van der Waals surface area contributed by atoms with Crippen LogP contribution in [0.4, 0.5) is 0 Å². The second kappa shape index (κ2) is 4.36. The first kappa shape index (κ1) is 14.7. The Labute approximate surface area is 134 Å². The first-order chi connectivity index (χ1) is 10.3. The lowest BCUT2D eigenvalue weighted by Crippen LogP contribution is -2.48. The Bertz CT molecular complexity index is 564. The van der Waals surface area contributed by atoms with E-state index >= 15 is 0 Å². The molecular formula is C19H31N2O+. The van der Waals surface area contributed by atoms with Gasteiger partial charge in [-0.1, -0.05) is 13.8 Å². The maximum absolute atomic E-state index is 12.1. The van der Waals surface area contributed by atoms with Crippen LogP contribution in [0.1, 0.15) is 59.3 Å². The predicted octanol–water partition coefficient (Wildman–Crippen LogP) is 2.82. The number of rotatable bonds is 2. The van der Waals surface area contributed by atoms with Gasteiger partial charge in [0.25, 0.3) is 0 Å². The Hall–Kier alpha value is -0.860. The summed E-state index contributed by atoms with van der Waals surface area (Å²) >= 11 is 0. The van der Waals surface area contributed by atoms with Crippen LogP contribution in [0, 0.1) is 34.5 Å². The monoisotopic (exact) mass is 303 g/mol. The highest BCUT2D eigenvalue weighted by molar-refractivity contribution is 5.90. The third-order valence-corrected chi connectivity index (χ3v) is 8.59. The largest absolute Gasteiger partial charge is 0.369 e. The van der Waals surface area contributed by atoms with Crippen LogP contribution in [0.5, 0.6) is 0 Å². The van der Waals surface area contributed by atoms with Gasteiger partial charge in [-0.2, -0.15) is 0 Å². The standard InChI is InChI=1S/C19H30N2O/c1-18(2)13-7-8-19(18,3)14(10-13)21(4)16-12-6-5-11(9-12)15(16)17(20)22/h11-13,15-16H,5-10H2,1-4H3,(H-,20,22)/p+1. The molecule has 6 atom stereocenters. The molecule has 4 aliphatic carbocycles. The minimum absolute atomic E-state index is 0.0581. The third-order valence-electron chi connectivity index (χ3n) is 8.59.